The second kappa shape index (κ2) is 3.41. The van der Waals surface area contributed by atoms with Crippen molar-refractivity contribution in [2.75, 3.05) is 18.8 Å². The molecule has 0 aromatic carbocycles. The summed E-state index contributed by atoms with van der Waals surface area (Å²) in [5.74, 6) is 2.16. The van der Waals surface area contributed by atoms with E-state index in [2.05, 4.69) is 17.5 Å². The number of likely N-dealkylation sites (tertiary alicyclic amines) is 1. The molecule has 2 atom stereocenters. The standard InChI is InChI=1S/C12H21NS/c14-9-12(4-1-5-12)8-13-7-10-2-3-11(13)6-10/h10-11,14H,1-9H2. The van der Waals surface area contributed by atoms with Crippen LogP contribution in [0.15, 0.2) is 0 Å². The average Bonchev–Trinajstić information content (AvgIpc) is 2.72. The van der Waals surface area contributed by atoms with E-state index in [0.717, 1.165) is 17.7 Å². The van der Waals surface area contributed by atoms with E-state index in [-0.39, 0.29) is 0 Å². The molecule has 1 heterocycles. The lowest BCUT2D eigenvalue weighted by atomic mass is 9.69. The van der Waals surface area contributed by atoms with Crippen molar-refractivity contribution in [2.45, 2.75) is 44.6 Å². The van der Waals surface area contributed by atoms with Gasteiger partial charge in [0, 0.05) is 19.1 Å². The molecule has 3 rings (SSSR count). The average molecular weight is 211 g/mol. The van der Waals surface area contributed by atoms with Crippen molar-refractivity contribution < 1.29 is 0 Å². The number of thiol groups is 1. The van der Waals surface area contributed by atoms with Gasteiger partial charge in [-0.05, 0) is 49.2 Å². The van der Waals surface area contributed by atoms with E-state index < -0.39 is 0 Å². The molecule has 0 N–H and O–H groups in total. The highest BCUT2D eigenvalue weighted by Crippen LogP contribution is 2.46. The largest absolute Gasteiger partial charge is 0.300 e. The van der Waals surface area contributed by atoms with Crippen LogP contribution in [0.3, 0.4) is 0 Å². The summed E-state index contributed by atoms with van der Waals surface area (Å²) in [5, 5.41) is 0. The van der Waals surface area contributed by atoms with Gasteiger partial charge < -0.3 is 0 Å². The highest BCUT2D eigenvalue weighted by Gasteiger charge is 2.43. The fraction of sp³-hybridized carbons (Fsp3) is 1.00. The number of fused-ring (bicyclic) bond motifs is 2. The zero-order valence-electron chi connectivity index (χ0n) is 8.91. The predicted octanol–water partition coefficient (Wildman–Crippen LogP) is 2.57. The van der Waals surface area contributed by atoms with Crippen LogP contribution >= 0.6 is 12.6 Å². The van der Waals surface area contributed by atoms with Crippen molar-refractivity contribution >= 4 is 12.6 Å². The molecule has 2 aliphatic carbocycles. The molecule has 1 nitrogen and oxygen atoms in total. The molecular weight excluding hydrogens is 190 g/mol. The zero-order chi connectivity index (χ0) is 9.60. The zero-order valence-corrected chi connectivity index (χ0v) is 9.81. The molecule has 2 unspecified atom stereocenters. The monoisotopic (exact) mass is 211 g/mol. The van der Waals surface area contributed by atoms with Crippen LogP contribution in [0.4, 0.5) is 0 Å². The minimum absolute atomic E-state index is 0.619. The number of nitrogens with zero attached hydrogens (tertiary/aromatic N) is 1. The van der Waals surface area contributed by atoms with E-state index in [9.17, 15) is 0 Å². The lowest BCUT2D eigenvalue weighted by Crippen LogP contribution is -2.46. The topological polar surface area (TPSA) is 3.24 Å². The van der Waals surface area contributed by atoms with E-state index in [4.69, 9.17) is 0 Å². The molecule has 3 aliphatic rings. The van der Waals surface area contributed by atoms with Crippen molar-refractivity contribution in [3.8, 4) is 0 Å². The smallest absolute Gasteiger partial charge is 0.00988 e. The summed E-state index contributed by atoms with van der Waals surface area (Å²) in [6.45, 7) is 2.76. The van der Waals surface area contributed by atoms with Gasteiger partial charge in [0.05, 0.1) is 0 Å². The molecule has 3 fully saturated rings. The van der Waals surface area contributed by atoms with Crippen molar-refractivity contribution in [3.05, 3.63) is 0 Å². The first-order valence-corrected chi connectivity index (χ1v) is 6.79. The summed E-state index contributed by atoms with van der Waals surface area (Å²) in [4.78, 5) is 2.78. The highest BCUT2D eigenvalue weighted by molar-refractivity contribution is 7.80. The highest BCUT2D eigenvalue weighted by atomic mass is 32.1. The van der Waals surface area contributed by atoms with Crippen molar-refractivity contribution in [2.24, 2.45) is 11.3 Å². The van der Waals surface area contributed by atoms with Crippen LogP contribution in [-0.4, -0.2) is 29.8 Å². The Morgan fingerprint density at radius 1 is 1.29 bits per heavy atom. The molecule has 2 saturated carbocycles. The van der Waals surface area contributed by atoms with Gasteiger partial charge >= 0.3 is 0 Å². The Balaban J connectivity index is 1.62. The van der Waals surface area contributed by atoms with Gasteiger partial charge in [0.15, 0.2) is 0 Å². The summed E-state index contributed by atoms with van der Waals surface area (Å²) >= 11 is 4.55. The Labute approximate surface area is 92.7 Å². The Kier molecular flexibility index (Phi) is 2.32. The maximum absolute atomic E-state index is 4.55. The van der Waals surface area contributed by atoms with Crippen LogP contribution < -0.4 is 0 Å². The van der Waals surface area contributed by atoms with Gasteiger partial charge in [-0.3, -0.25) is 4.90 Å². The Bertz CT molecular complexity index is 219. The van der Waals surface area contributed by atoms with Crippen LogP contribution in [0.1, 0.15) is 38.5 Å². The first-order chi connectivity index (χ1) is 6.81. The number of hydrogen-bond donors (Lipinski definition) is 1. The van der Waals surface area contributed by atoms with Gasteiger partial charge in [-0.15, -0.1) is 0 Å². The minimum Gasteiger partial charge on any atom is -0.300 e. The lowest BCUT2D eigenvalue weighted by molar-refractivity contribution is 0.0721. The van der Waals surface area contributed by atoms with Crippen LogP contribution in [0, 0.1) is 11.3 Å². The molecule has 0 spiro atoms. The third kappa shape index (κ3) is 1.42. The van der Waals surface area contributed by atoms with Gasteiger partial charge in [-0.1, -0.05) is 6.42 Å². The minimum atomic E-state index is 0.619. The summed E-state index contributed by atoms with van der Waals surface area (Å²) < 4.78 is 0. The lowest BCUT2D eigenvalue weighted by Gasteiger charge is -2.45. The first-order valence-electron chi connectivity index (χ1n) is 6.16. The molecule has 2 bridgehead atoms. The Morgan fingerprint density at radius 2 is 2.14 bits per heavy atom. The maximum Gasteiger partial charge on any atom is 0.00988 e. The summed E-state index contributed by atoms with van der Waals surface area (Å²) in [6.07, 6.45) is 8.81. The molecular formula is C12H21NS. The quantitative estimate of drug-likeness (QED) is 0.702. The molecule has 0 amide bonds. The van der Waals surface area contributed by atoms with Crippen LogP contribution in [-0.2, 0) is 0 Å². The SMILES string of the molecule is SCC1(CN2CC3CCC2C3)CCC1. The molecule has 80 valence electrons. The molecule has 2 heteroatoms. The fourth-order valence-corrected chi connectivity index (χ4v) is 4.11. The number of hydrogen-bond acceptors (Lipinski definition) is 2. The van der Waals surface area contributed by atoms with Gasteiger partial charge in [0.2, 0.25) is 0 Å². The molecule has 1 saturated heterocycles. The van der Waals surface area contributed by atoms with Crippen LogP contribution in [0.25, 0.3) is 0 Å². The van der Waals surface area contributed by atoms with Crippen LogP contribution in [0.2, 0.25) is 0 Å². The van der Waals surface area contributed by atoms with Gasteiger partial charge in [0.1, 0.15) is 0 Å². The van der Waals surface area contributed by atoms with E-state index in [1.165, 1.54) is 51.6 Å². The fourth-order valence-electron chi connectivity index (χ4n) is 3.69. The summed E-state index contributed by atoms with van der Waals surface area (Å²) in [5.41, 5.74) is 0.619. The van der Waals surface area contributed by atoms with Gasteiger partial charge in [-0.2, -0.15) is 12.6 Å². The normalized spacial score (nSPS) is 40.1. The van der Waals surface area contributed by atoms with Crippen LogP contribution in [0.5, 0.6) is 0 Å². The molecule has 14 heavy (non-hydrogen) atoms. The van der Waals surface area contributed by atoms with Crippen molar-refractivity contribution in [1.29, 1.82) is 0 Å². The number of rotatable bonds is 3. The van der Waals surface area contributed by atoms with Gasteiger partial charge in [-0.25, -0.2) is 0 Å². The second-order valence-corrected chi connectivity index (χ2v) is 6.09. The summed E-state index contributed by atoms with van der Waals surface area (Å²) in [6, 6.07) is 0.956. The molecule has 0 aromatic heterocycles. The predicted molar refractivity (Wildman–Crippen MR) is 62.8 cm³/mol. The van der Waals surface area contributed by atoms with Crippen molar-refractivity contribution in [1.82, 2.24) is 4.90 Å². The second-order valence-electron chi connectivity index (χ2n) is 5.77. The van der Waals surface area contributed by atoms with E-state index in [1.807, 2.05) is 0 Å². The van der Waals surface area contributed by atoms with Gasteiger partial charge in [0.25, 0.3) is 0 Å². The molecule has 0 radical (unpaired) electrons. The molecule has 1 aliphatic heterocycles. The van der Waals surface area contributed by atoms with Crippen molar-refractivity contribution in [3.63, 3.8) is 0 Å². The third-order valence-electron chi connectivity index (χ3n) is 4.81. The Morgan fingerprint density at radius 3 is 2.57 bits per heavy atom. The Hall–Kier alpha value is 0.310. The number of piperidine rings is 1. The van der Waals surface area contributed by atoms with E-state index >= 15 is 0 Å². The van der Waals surface area contributed by atoms with E-state index in [0.29, 0.717) is 5.41 Å². The maximum atomic E-state index is 4.55. The summed E-state index contributed by atoms with van der Waals surface area (Å²) in [7, 11) is 0. The third-order valence-corrected chi connectivity index (χ3v) is 5.48. The molecule has 0 aromatic rings. The first kappa shape index (κ1) is 9.53. The van der Waals surface area contributed by atoms with E-state index in [1.54, 1.807) is 0 Å².